The molecule has 0 saturated carbocycles. The van der Waals surface area contributed by atoms with Gasteiger partial charge in [-0.2, -0.15) is 18.3 Å². The number of aromatic nitrogens is 2. The van der Waals surface area contributed by atoms with Crippen molar-refractivity contribution in [3.63, 3.8) is 0 Å². The van der Waals surface area contributed by atoms with Gasteiger partial charge in [0.05, 0.1) is 30.9 Å². The van der Waals surface area contributed by atoms with Crippen LogP contribution in [-0.4, -0.2) is 33.2 Å². The summed E-state index contributed by atoms with van der Waals surface area (Å²) in [6.07, 6.45) is -4.72. The molecular weight excluding hydrogens is 427 g/mol. The number of nitrogens with one attached hydrogen (secondary N) is 2. The Kier molecular flexibility index (Phi) is 6.10. The number of nitrogens with zero attached hydrogens (tertiary/aromatic N) is 1. The minimum absolute atomic E-state index is 0.0877. The zero-order valence-corrected chi connectivity index (χ0v) is 16.5. The van der Waals surface area contributed by atoms with Crippen LogP contribution in [0.25, 0.3) is 22.0 Å². The maximum absolute atomic E-state index is 13.6. The van der Waals surface area contributed by atoms with Crippen LogP contribution < -0.4 is 19.8 Å². The number of aromatic amines is 1. The van der Waals surface area contributed by atoms with E-state index in [4.69, 9.17) is 14.0 Å². The van der Waals surface area contributed by atoms with Gasteiger partial charge in [-0.3, -0.25) is 9.35 Å². The van der Waals surface area contributed by atoms with Crippen molar-refractivity contribution in [2.45, 2.75) is 12.7 Å². The molecule has 1 unspecified atom stereocenters. The van der Waals surface area contributed by atoms with Gasteiger partial charge in [0.1, 0.15) is 0 Å². The second-order valence-electron chi connectivity index (χ2n) is 6.09. The number of ether oxygens (including phenoxy) is 2. The molecule has 1 atom stereocenters. The highest BCUT2D eigenvalue weighted by molar-refractivity contribution is 7.77. The number of hydrogen-bond acceptors (Lipinski definition) is 5. The number of H-pyrrole nitrogens is 1. The second-order valence-corrected chi connectivity index (χ2v) is 6.88. The van der Waals surface area contributed by atoms with Gasteiger partial charge in [-0.15, -0.1) is 0 Å². The summed E-state index contributed by atoms with van der Waals surface area (Å²) in [6, 6.07) is 6.30. The fourth-order valence-corrected chi connectivity index (χ4v) is 3.27. The normalized spacial score (nSPS) is 12.7. The molecule has 3 rings (SSSR count). The predicted octanol–water partition coefficient (Wildman–Crippen LogP) is 2.85. The number of halogens is 3. The number of hydrogen-bond donors (Lipinski definition) is 3. The Labute approximate surface area is 170 Å². The van der Waals surface area contributed by atoms with E-state index < -0.39 is 35.1 Å². The van der Waals surface area contributed by atoms with Gasteiger partial charge in [0, 0.05) is 17.5 Å². The average molecular weight is 443 g/mol. The Morgan fingerprint density at radius 3 is 2.33 bits per heavy atom. The maximum atomic E-state index is 13.6. The summed E-state index contributed by atoms with van der Waals surface area (Å²) in [7, 11) is 2.78. The third kappa shape index (κ3) is 4.30. The van der Waals surface area contributed by atoms with Gasteiger partial charge in [-0.25, -0.2) is 14.0 Å². The van der Waals surface area contributed by atoms with E-state index in [-0.39, 0.29) is 39.1 Å². The number of rotatable bonds is 6. The van der Waals surface area contributed by atoms with Crippen molar-refractivity contribution >= 4 is 22.0 Å². The van der Waals surface area contributed by atoms with Crippen LogP contribution in [0.1, 0.15) is 11.1 Å². The first-order chi connectivity index (χ1) is 14.2. The maximum Gasteiger partial charge on any atom is 0.416 e. The predicted molar refractivity (Wildman–Crippen MR) is 104 cm³/mol. The van der Waals surface area contributed by atoms with Gasteiger partial charge < -0.3 is 9.47 Å². The van der Waals surface area contributed by atoms with Crippen LogP contribution in [0.2, 0.25) is 0 Å². The van der Waals surface area contributed by atoms with Gasteiger partial charge in [0.25, 0.3) is 5.56 Å². The molecular formula is C18H16F3N3O5S. The molecule has 12 heteroatoms. The van der Waals surface area contributed by atoms with E-state index in [2.05, 4.69) is 10.2 Å². The van der Waals surface area contributed by atoms with E-state index in [0.29, 0.717) is 0 Å². The van der Waals surface area contributed by atoms with Crippen LogP contribution in [0.3, 0.4) is 0 Å². The van der Waals surface area contributed by atoms with Crippen molar-refractivity contribution in [3.8, 4) is 22.8 Å². The lowest BCUT2D eigenvalue weighted by atomic mass is 9.99. The van der Waals surface area contributed by atoms with E-state index in [0.717, 1.165) is 6.07 Å². The third-order valence-corrected chi connectivity index (χ3v) is 4.76. The smallest absolute Gasteiger partial charge is 0.416 e. The van der Waals surface area contributed by atoms with Crippen molar-refractivity contribution in [2.75, 3.05) is 14.2 Å². The minimum atomic E-state index is -4.72. The van der Waals surface area contributed by atoms with Crippen molar-refractivity contribution < 1.29 is 31.4 Å². The lowest BCUT2D eigenvalue weighted by Crippen LogP contribution is -2.19. The molecule has 0 bridgehead atoms. The Hall–Kier alpha value is -2.96. The Morgan fingerprint density at radius 2 is 1.77 bits per heavy atom. The van der Waals surface area contributed by atoms with Crippen LogP contribution in [0.5, 0.6) is 11.5 Å². The van der Waals surface area contributed by atoms with E-state index in [9.17, 15) is 22.2 Å². The molecule has 1 heterocycles. The molecule has 2 aromatic carbocycles. The molecule has 0 radical (unpaired) electrons. The van der Waals surface area contributed by atoms with E-state index in [1.165, 1.54) is 38.5 Å². The molecule has 3 aromatic rings. The Bertz CT molecular complexity index is 1180. The fraction of sp³-hybridized carbons (Fsp3) is 0.222. The molecule has 0 aliphatic rings. The highest BCUT2D eigenvalue weighted by Crippen LogP contribution is 2.38. The van der Waals surface area contributed by atoms with Gasteiger partial charge >= 0.3 is 6.18 Å². The van der Waals surface area contributed by atoms with Gasteiger partial charge in [0.2, 0.25) is 11.3 Å². The first-order valence-electron chi connectivity index (χ1n) is 8.35. The monoisotopic (exact) mass is 443 g/mol. The molecule has 0 saturated heterocycles. The summed E-state index contributed by atoms with van der Waals surface area (Å²) in [6.45, 7) is -0.469. The first-order valence-corrected chi connectivity index (χ1v) is 9.45. The van der Waals surface area contributed by atoms with Crippen LogP contribution >= 0.6 is 0 Å². The van der Waals surface area contributed by atoms with Crippen LogP contribution in [0.15, 0.2) is 35.1 Å². The quantitative estimate of drug-likeness (QED) is 0.505. The molecule has 0 amide bonds. The van der Waals surface area contributed by atoms with Crippen molar-refractivity contribution in [1.29, 1.82) is 0 Å². The van der Waals surface area contributed by atoms with Crippen LogP contribution in [0, 0.1) is 0 Å². The zero-order chi connectivity index (χ0) is 22.1. The van der Waals surface area contributed by atoms with Crippen LogP contribution in [-0.2, 0) is 24.0 Å². The largest absolute Gasteiger partial charge is 0.493 e. The summed E-state index contributed by atoms with van der Waals surface area (Å²) < 4.78 is 72.7. The number of benzene rings is 2. The summed E-state index contributed by atoms with van der Waals surface area (Å²) in [5, 5.41) is 6.63. The second kappa shape index (κ2) is 8.42. The topological polar surface area (TPSA) is 114 Å². The first kappa shape index (κ1) is 21.7. The van der Waals surface area contributed by atoms with E-state index in [1.807, 2.05) is 4.72 Å². The molecule has 0 fully saturated rings. The Balaban J connectivity index is 2.23. The number of fused-ring (bicyclic) bond motifs is 1. The standard InChI is InChI=1S/C18H16F3N3O5S/c1-28-14-6-11-12(7-15(14)29-2)17(25)24-23-16(11)9-3-4-10(8-22-30(26)27)13(5-9)18(19,20)21/h3-7,22H,8H2,1-2H3,(H,24,25)(H,26,27). The third-order valence-electron chi connectivity index (χ3n) is 4.37. The van der Waals surface area contributed by atoms with Gasteiger partial charge in [-0.1, -0.05) is 12.1 Å². The van der Waals surface area contributed by atoms with E-state index >= 15 is 0 Å². The molecule has 8 nitrogen and oxygen atoms in total. The van der Waals surface area contributed by atoms with Gasteiger partial charge in [0.15, 0.2) is 11.5 Å². The highest BCUT2D eigenvalue weighted by Gasteiger charge is 2.34. The SMILES string of the molecule is COc1cc2c(-c3ccc(CNS(=O)O)c(C(F)(F)F)c3)n[nH]c(=O)c2cc1OC. The van der Waals surface area contributed by atoms with Crippen molar-refractivity contribution in [1.82, 2.24) is 14.9 Å². The zero-order valence-electron chi connectivity index (χ0n) is 15.7. The summed E-state index contributed by atoms with van der Waals surface area (Å²) >= 11 is -2.47. The molecule has 0 aliphatic heterocycles. The van der Waals surface area contributed by atoms with E-state index in [1.54, 1.807) is 0 Å². The molecule has 30 heavy (non-hydrogen) atoms. The number of methoxy groups -OCH3 is 2. The number of alkyl halides is 3. The molecule has 0 aliphatic carbocycles. The molecule has 0 spiro atoms. The minimum Gasteiger partial charge on any atom is -0.493 e. The fourth-order valence-electron chi connectivity index (χ4n) is 2.99. The molecule has 3 N–H and O–H groups in total. The average Bonchev–Trinajstić information content (AvgIpc) is 2.71. The lowest BCUT2D eigenvalue weighted by Gasteiger charge is -2.15. The van der Waals surface area contributed by atoms with Gasteiger partial charge in [-0.05, 0) is 23.8 Å². The summed E-state index contributed by atoms with van der Waals surface area (Å²) in [5.74, 6) is 0.558. The summed E-state index contributed by atoms with van der Waals surface area (Å²) in [4.78, 5) is 12.2. The highest BCUT2D eigenvalue weighted by atomic mass is 32.2. The summed E-state index contributed by atoms with van der Waals surface area (Å²) in [5.41, 5.74) is -1.58. The molecule has 160 valence electrons. The van der Waals surface area contributed by atoms with Crippen molar-refractivity contribution in [2.24, 2.45) is 0 Å². The Morgan fingerprint density at radius 1 is 1.13 bits per heavy atom. The molecule has 1 aromatic heterocycles. The van der Waals surface area contributed by atoms with Crippen molar-refractivity contribution in [3.05, 3.63) is 51.8 Å². The van der Waals surface area contributed by atoms with Crippen LogP contribution in [0.4, 0.5) is 13.2 Å². The lowest BCUT2D eigenvalue weighted by molar-refractivity contribution is -0.138.